The average Bonchev–Trinajstić information content (AvgIpc) is 2.35. The van der Waals surface area contributed by atoms with Gasteiger partial charge in [0.1, 0.15) is 4.90 Å². The number of hydrogen-bond acceptors (Lipinski definition) is 5. The van der Waals surface area contributed by atoms with Gasteiger partial charge >= 0.3 is 0 Å². The molecule has 0 spiro atoms. The Morgan fingerprint density at radius 2 is 2.05 bits per heavy atom. The number of nitrogens with zero attached hydrogens (tertiary/aromatic N) is 1. The summed E-state index contributed by atoms with van der Waals surface area (Å²) in [5.41, 5.74) is 2.19. The lowest BCUT2D eigenvalue weighted by molar-refractivity contribution is 0.0978. The summed E-state index contributed by atoms with van der Waals surface area (Å²) in [5, 5.41) is 11.6. The zero-order chi connectivity index (χ0) is 15.5. The number of nitrogens with one attached hydrogen (secondary N) is 2. The fourth-order valence-electron chi connectivity index (χ4n) is 2.20. The first-order chi connectivity index (χ1) is 9.94. The van der Waals surface area contributed by atoms with Gasteiger partial charge in [0.05, 0.1) is 32.1 Å². The summed E-state index contributed by atoms with van der Waals surface area (Å²) in [4.78, 5) is 4.37. The van der Waals surface area contributed by atoms with Crippen LogP contribution in [-0.2, 0) is 14.8 Å². The summed E-state index contributed by atoms with van der Waals surface area (Å²) >= 11 is 0. The largest absolute Gasteiger partial charge is 0.394 e. The molecule has 0 atom stereocenters. The van der Waals surface area contributed by atoms with Gasteiger partial charge in [-0.25, -0.2) is 18.1 Å². The quantitative estimate of drug-likeness (QED) is 0.682. The number of aryl methyl sites for hydroxylation is 2. The molecule has 8 heteroatoms. The molecule has 1 aromatic rings. The standard InChI is InChI=1S/C13H19N3O4S/c1-9-7-10(2)12-11(8-9)15-13(16-21(12,18)19)14-3-5-20-6-4-17/h7-8,17H,3-6H2,1-2H3,(H2,14,15,16). The summed E-state index contributed by atoms with van der Waals surface area (Å²) in [5.74, 6) is 0.181. The van der Waals surface area contributed by atoms with E-state index in [-0.39, 0.29) is 24.1 Å². The number of anilines is 1. The minimum Gasteiger partial charge on any atom is -0.394 e. The van der Waals surface area contributed by atoms with Crippen molar-refractivity contribution in [2.45, 2.75) is 18.7 Å². The Morgan fingerprint density at radius 3 is 2.76 bits per heavy atom. The fourth-order valence-corrected chi connectivity index (χ4v) is 3.55. The van der Waals surface area contributed by atoms with Crippen molar-refractivity contribution >= 4 is 21.7 Å². The lowest BCUT2D eigenvalue weighted by Gasteiger charge is -2.23. The Balaban J connectivity index is 2.19. The van der Waals surface area contributed by atoms with Gasteiger partial charge in [-0.15, -0.1) is 0 Å². The van der Waals surface area contributed by atoms with Crippen LogP contribution in [0.2, 0.25) is 0 Å². The monoisotopic (exact) mass is 313 g/mol. The lowest BCUT2D eigenvalue weighted by Crippen LogP contribution is -2.41. The van der Waals surface area contributed by atoms with Crippen LogP contribution in [0.4, 0.5) is 5.69 Å². The smallest absolute Gasteiger partial charge is 0.266 e. The van der Waals surface area contributed by atoms with E-state index in [0.29, 0.717) is 24.4 Å². The van der Waals surface area contributed by atoms with Crippen molar-refractivity contribution in [3.8, 4) is 0 Å². The summed E-state index contributed by atoms with van der Waals surface area (Å²) in [6.07, 6.45) is 0. The molecule has 0 radical (unpaired) electrons. The molecule has 0 aromatic heterocycles. The SMILES string of the molecule is Cc1cc(C)c2c(c1)NC(=NCCOCCO)NS2(=O)=O. The van der Waals surface area contributed by atoms with Crippen molar-refractivity contribution in [2.24, 2.45) is 4.99 Å². The van der Waals surface area contributed by atoms with Crippen LogP contribution >= 0.6 is 0 Å². The van der Waals surface area contributed by atoms with Crippen molar-refractivity contribution in [1.82, 2.24) is 4.72 Å². The molecule has 1 heterocycles. The highest BCUT2D eigenvalue weighted by Gasteiger charge is 2.28. The van der Waals surface area contributed by atoms with Gasteiger partial charge in [0.15, 0.2) is 0 Å². The first-order valence-electron chi connectivity index (χ1n) is 6.58. The van der Waals surface area contributed by atoms with E-state index in [1.807, 2.05) is 13.0 Å². The summed E-state index contributed by atoms with van der Waals surface area (Å²) in [6.45, 7) is 4.47. The number of sulfonamides is 1. The zero-order valence-corrected chi connectivity index (χ0v) is 12.8. The van der Waals surface area contributed by atoms with E-state index in [1.54, 1.807) is 13.0 Å². The van der Waals surface area contributed by atoms with Crippen LogP contribution < -0.4 is 10.0 Å². The highest BCUT2D eigenvalue weighted by Crippen LogP contribution is 2.29. The number of aliphatic imine (C=N–C) groups is 1. The summed E-state index contributed by atoms with van der Waals surface area (Å²) < 4.78 is 32.0. The van der Waals surface area contributed by atoms with Crippen LogP contribution in [0.15, 0.2) is 22.0 Å². The van der Waals surface area contributed by atoms with Gasteiger partial charge in [0.2, 0.25) is 5.96 Å². The Bertz CT molecular complexity index is 656. The van der Waals surface area contributed by atoms with Crippen LogP contribution in [0.3, 0.4) is 0 Å². The number of hydrogen-bond donors (Lipinski definition) is 3. The topological polar surface area (TPSA) is 100 Å². The highest BCUT2D eigenvalue weighted by molar-refractivity contribution is 7.90. The molecule has 0 fully saturated rings. The maximum absolute atomic E-state index is 12.3. The highest BCUT2D eigenvalue weighted by atomic mass is 32.2. The third kappa shape index (κ3) is 3.72. The summed E-state index contributed by atoms with van der Waals surface area (Å²) in [6, 6.07) is 3.60. The van der Waals surface area contributed by atoms with Crippen molar-refractivity contribution in [3.05, 3.63) is 23.3 Å². The molecule has 0 unspecified atom stereocenters. The third-order valence-electron chi connectivity index (χ3n) is 2.91. The molecule has 7 nitrogen and oxygen atoms in total. The van der Waals surface area contributed by atoms with E-state index in [0.717, 1.165) is 5.56 Å². The molecule has 3 N–H and O–H groups in total. The second-order valence-electron chi connectivity index (χ2n) is 4.76. The Labute approximate surface area is 124 Å². The van der Waals surface area contributed by atoms with Crippen LogP contribution in [0, 0.1) is 13.8 Å². The summed E-state index contributed by atoms with van der Waals surface area (Å²) in [7, 11) is -3.61. The molecule has 1 aliphatic heterocycles. The van der Waals surface area contributed by atoms with Gasteiger partial charge < -0.3 is 15.2 Å². The molecule has 116 valence electrons. The number of aliphatic hydroxyl groups is 1. The molecule has 0 bridgehead atoms. The Hall–Kier alpha value is -1.64. The lowest BCUT2D eigenvalue weighted by atomic mass is 10.1. The number of fused-ring (bicyclic) bond motifs is 1. The molecule has 0 amide bonds. The van der Waals surface area contributed by atoms with E-state index >= 15 is 0 Å². The molecule has 0 saturated carbocycles. The Morgan fingerprint density at radius 1 is 1.29 bits per heavy atom. The Kier molecular flexibility index (Phi) is 4.81. The number of ether oxygens (including phenoxy) is 1. The molecule has 1 aliphatic rings. The molecular weight excluding hydrogens is 294 g/mol. The number of benzene rings is 1. The van der Waals surface area contributed by atoms with E-state index in [2.05, 4.69) is 15.0 Å². The van der Waals surface area contributed by atoms with Gasteiger partial charge in [0.25, 0.3) is 10.0 Å². The number of guanidine groups is 1. The third-order valence-corrected chi connectivity index (χ3v) is 4.45. The van der Waals surface area contributed by atoms with Crippen LogP contribution in [-0.4, -0.2) is 45.8 Å². The molecular formula is C13H19N3O4S. The number of aliphatic hydroxyl groups excluding tert-OH is 1. The second kappa shape index (κ2) is 6.42. The number of rotatable bonds is 5. The van der Waals surface area contributed by atoms with Crippen molar-refractivity contribution < 1.29 is 18.3 Å². The molecule has 1 aromatic carbocycles. The van der Waals surface area contributed by atoms with E-state index in [4.69, 9.17) is 9.84 Å². The molecule has 0 saturated heterocycles. The minimum atomic E-state index is -3.61. The van der Waals surface area contributed by atoms with Crippen LogP contribution in [0.25, 0.3) is 0 Å². The predicted molar refractivity (Wildman–Crippen MR) is 80.1 cm³/mol. The van der Waals surface area contributed by atoms with Crippen molar-refractivity contribution in [3.63, 3.8) is 0 Å². The van der Waals surface area contributed by atoms with E-state index < -0.39 is 10.0 Å². The minimum absolute atomic E-state index is 0.0482. The zero-order valence-electron chi connectivity index (χ0n) is 12.0. The molecule has 0 aliphatic carbocycles. The van der Waals surface area contributed by atoms with E-state index in [9.17, 15) is 8.42 Å². The first kappa shape index (κ1) is 15.7. The van der Waals surface area contributed by atoms with Crippen molar-refractivity contribution in [1.29, 1.82) is 0 Å². The normalized spacial score (nSPS) is 18.0. The van der Waals surface area contributed by atoms with E-state index in [1.165, 1.54) is 0 Å². The van der Waals surface area contributed by atoms with Crippen molar-refractivity contribution in [2.75, 3.05) is 31.7 Å². The molecule has 2 rings (SSSR count). The average molecular weight is 313 g/mol. The van der Waals surface area contributed by atoms with Gasteiger partial charge in [-0.3, -0.25) is 0 Å². The van der Waals surface area contributed by atoms with Gasteiger partial charge in [-0.2, -0.15) is 0 Å². The maximum Gasteiger partial charge on any atom is 0.266 e. The van der Waals surface area contributed by atoms with Gasteiger partial charge in [-0.1, -0.05) is 6.07 Å². The maximum atomic E-state index is 12.3. The van der Waals surface area contributed by atoms with Gasteiger partial charge in [-0.05, 0) is 31.0 Å². The van der Waals surface area contributed by atoms with Gasteiger partial charge in [0, 0.05) is 0 Å². The fraction of sp³-hybridized carbons (Fsp3) is 0.462. The van der Waals surface area contributed by atoms with Crippen LogP contribution in [0.1, 0.15) is 11.1 Å². The predicted octanol–water partition coefficient (Wildman–Crippen LogP) is 0.372. The van der Waals surface area contributed by atoms with Crippen LogP contribution in [0.5, 0.6) is 0 Å². The first-order valence-corrected chi connectivity index (χ1v) is 8.06. The molecule has 21 heavy (non-hydrogen) atoms. The second-order valence-corrected chi connectivity index (χ2v) is 6.37.